The number of amides is 1. The van der Waals surface area contributed by atoms with Gasteiger partial charge in [0.25, 0.3) is 0 Å². The lowest BCUT2D eigenvalue weighted by atomic mass is 9.98. The molecule has 158 valence electrons. The molecule has 1 aromatic heterocycles. The number of aromatic nitrogens is 2. The van der Waals surface area contributed by atoms with Crippen LogP contribution in [-0.4, -0.2) is 45.2 Å². The molecule has 0 bridgehead atoms. The van der Waals surface area contributed by atoms with Crippen molar-refractivity contribution < 1.29 is 22.7 Å². The van der Waals surface area contributed by atoms with E-state index < -0.39 is 6.36 Å². The Morgan fingerprint density at radius 3 is 2.52 bits per heavy atom. The number of carbonyl (C=O) groups is 1. The fourth-order valence-electron chi connectivity index (χ4n) is 3.29. The van der Waals surface area contributed by atoms with Gasteiger partial charge in [-0.3, -0.25) is 4.79 Å². The van der Waals surface area contributed by atoms with E-state index in [1.807, 2.05) is 4.90 Å². The van der Waals surface area contributed by atoms with Crippen LogP contribution < -0.4 is 10.1 Å². The van der Waals surface area contributed by atoms with Gasteiger partial charge in [0.2, 0.25) is 11.0 Å². The van der Waals surface area contributed by atoms with E-state index in [-0.39, 0.29) is 23.7 Å². The van der Waals surface area contributed by atoms with E-state index in [9.17, 15) is 18.0 Å². The molecular formula is C18H21F3N4O2S2. The fourth-order valence-corrected chi connectivity index (χ4v) is 4.93. The third-order valence-corrected chi connectivity index (χ3v) is 6.50. The number of likely N-dealkylation sites (tertiary alicyclic amines) is 1. The van der Waals surface area contributed by atoms with Gasteiger partial charge in [-0.05, 0) is 57.4 Å². The Morgan fingerprint density at radius 2 is 1.90 bits per heavy atom. The summed E-state index contributed by atoms with van der Waals surface area (Å²) in [6.07, 6.45) is -1.52. The van der Waals surface area contributed by atoms with Gasteiger partial charge in [-0.25, -0.2) is 0 Å². The first-order valence-corrected chi connectivity index (χ1v) is 10.9. The first-order chi connectivity index (χ1) is 13.7. The van der Waals surface area contributed by atoms with Crippen LogP contribution in [0.5, 0.6) is 5.75 Å². The molecule has 2 aromatic rings. The van der Waals surface area contributed by atoms with E-state index >= 15 is 0 Å². The highest BCUT2D eigenvalue weighted by Crippen LogP contribution is 2.30. The Morgan fingerprint density at radius 1 is 1.24 bits per heavy atom. The standard InChI is InChI=1S/C18H21F3N4O2S2/c1-11-4-3-5-12(2)25(11)15(26)10-28-17-24-23-16(29-17)22-13-6-8-14(9-7-13)27-18(19,20)21/h6-9,11-12H,3-5,10H2,1-2H3,(H,22,23). The zero-order valence-corrected chi connectivity index (χ0v) is 17.5. The van der Waals surface area contributed by atoms with Crippen LogP contribution in [0.1, 0.15) is 33.1 Å². The molecule has 0 aliphatic carbocycles. The topological polar surface area (TPSA) is 67.4 Å². The van der Waals surface area contributed by atoms with E-state index in [4.69, 9.17) is 0 Å². The molecule has 2 heterocycles. The molecule has 0 radical (unpaired) electrons. The highest BCUT2D eigenvalue weighted by molar-refractivity contribution is 8.01. The number of hydrogen-bond donors (Lipinski definition) is 1. The number of halogens is 3. The first kappa shape index (κ1) is 21.7. The van der Waals surface area contributed by atoms with Gasteiger partial charge >= 0.3 is 6.36 Å². The second-order valence-corrected chi connectivity index (χ2v) is 8.99. The normalized spacial score (nSPS) is 19.8. The van der Waals surface area contributed by atoms with Crippen LogP contribution in [0.2, 0.25) is 0 Å². The molecule has 11 heteroatoms. The summed E-state index contributed by atoms with van der Waals surface area (Å²) >= 11 is 2.61. The summed E-state index contributed by atoms with van der Waals surface area (Å²) in [5.74, 6) is 0.100. The van der Waals surface area contributed by atoms with Crippen LogP contribution in [0.15, 0.2) is 28.6 Å². The van der Waals surface area contributed by atoms with Crippen LogP contribution in [0.4, 0.5) is 24.0 Å². The van der Waals surface area contributed by atoms with Gasteiger partial charge < -0.3 is 15.0 Å². The van der Waals surface area contributed by atoms with E-state index in [0.717, 1.165) is 19.3 Å². The molecule has 1 aromatic carbocycles. The van der Waals surface area contributed by atoms with Gasteiger partial charge in [-0.2, -0.15) is 0 Å². The molecule has 1 fully saturated rings. The first-order valence-electron chi connectivity index (χ1n) is 9.11. The van der Waals surface area contributed by atoms with Crippen LogP contribution >= 0.6 is 23.1 Å². The number of hydrogen-bond acceptors (Lipinski definition) is 7. The molecule has 0 saturated carbocycles. The second kappa shape index (κ2) is 9.21. The molecule has 6 nitrogen and oxygen atoms in total. The smallest absolute Gasteiger partial charge is 0.406 e. The Balaban J connectivity index is 1.52. The Kier molecular flexibility index (Phi) is 6.89. The molecule has 3 rings (SSSR count). The van der Waals surface area contributed by atoms with Gasteiger partial charge in [-0.1, -0.05) is 23.1 Å². The van der Waals surface area contributed by atoms with E-state index in [2.05, 4.69) is 34.1 Å². The Hall–Kier alpha value is -2.01. The third-order valence-electron chi connectivity index (χ3n) is 4.55. The summed E-state index contributed by atoms with van der Waals surface area (Å²) in [6.45, 7) is 4.16. The number of carbonyl (C=O) groups excluding carboxylic acids is 1. The van der Waals surface area contributed by atoms with Crippen molar-refractivity contribution in [3.63, 3.8) is 0 Å². The molecule has 1 aliphatic rings. The molecule has 1 saturated heterocycles. The molecule has 2 atom stereocenters. The van der Waals surface area contributed by atoms with Crippen molar-refractivity contribution in [3.8, 4) is 5.75 Å². The third kappa shape index (κ3) is 6.23. The lowest BCUT2D eigenvalue weighted by molar-refractivity contribution is -0.274. The molecule has 29 heavy (non-hydrogen) atoms. The maximum absolute atomic E-state index is 12.6. The van der Waals surface area contributed by atoms with E-state index in [1.54, 1.807) is 0 Å². The fraction of sp³-hybridized carbons (Fsp3) is 0.500. The van der Waals surface area contributed by atoms with Crippen molar-refractivity contribution in [3.05, 3.63) is 24.3 Å². The van der Waals surface area contributed by atoms with E-state index in [1.165, 1.54) is 47.4 Å². The summed E-state index contributed by atoms with van der Waals surface area (Å²) in [4.78, 5) is 14.5. The Labute approximate surface area is 174 Å². The van der Waals surface area contributed by atoms with Gasteiger partial charge in [0.1, 0.15) is 5.75 Å². The monoisotopic (exact) mass is 446 g/mol. The summed E-state index contributed by atoms with van der Waals surface area (Å²) in [7, 11) is 0. The lowest BCUT2D eigenvalue weighted by Gasteiger charge is -2.39. The number of piperidine rings is 1. The molecule has 1 amide bonds. The average molecular weight is 447 g/mol. The van der Waals surface area contributed by atoms with Gasteiger partial charge in [0.15, 0.2) is 4.34 Å². The van der Waals surface area contributed by atoms with Crippen LogP contribution in [0.25, 0.3) is 0 Å². The van der Waals surface area contributed by atoms with Gasteiger partial charge in [-0.15, -0.1) is 23.4 Å². The largest absolute Gasteiger partial charge is 0.573 e. The van der Waals surface area contributed by atoms with Crippen LogP contribution in [0.3, 0.4) is 0 Å². The number of nitrogens with one attached hydrogen (secondary N) is 1. The second-order valence-electron chi connectivity index (χ2n) is 6.79. The average Bonchev–Trinajstić information content (AvgIpc) is 3.08. The lowest BCUT2D eigenvalue weighted by Crippen LogP contribution is -2.48. The SMILES string of the molecule is CC1CCCC(C)N1C(=O)CSc1nnc(Nc2ccc(OC(F)(F)F)cc2)s1. The molecular weight excluding hydrogens is 425 g/mol. The van der Waals surface area contributed by atoms with Crippen molar-refractivity contribution >= 4 is 39.8 Å². The minimum atomic E-state index is -4.72. The zero-order valence-electron chi connectivity index (χ0n) is 15.9. The number of rotatable bonds is 6. The number of ether oxygens (including phenoxy) is 1. The molecule has 2 unspecified atom stereocenters. The number of anilines is 2. The summed E-state index contributed by atoms with van der Waals surface area (Å²) in [5, 5.41) is 11.5. The predicted molar refractivity (Wildman–Crippen MR) is 107 cm³/mol. The van der Waals surface area contributed by atoms with Crippen molar-refractivity contribution in [2.45, 2.75) is 55.9 Å². The predicted octanol–water partition coefficient (Wildman–Crippen LogP) is 5.06. The quantitative estimate of drug-likeness (QED) is 0.626. The maximum Gasteiger partial charge on any atom is 0.573 e. The minimum absolute atomic E-state index is 0.0969. The maximum atomic E-state index is 12.6. The number of alkyl halides is 3. The van der Waals surface area contributed by atoms with Crippen molar-refractivity contribution in [2.75, 3.05) is 11.1 Å². The summed E-state index contributed by atoms with van der Waals surface area (Å²) < 4.78 is 41.1. The minimum Gasteiger partial charge on any atom is -0.406 e. The van der Waals surface area contributed by atoms with Gasteiger partial charge in [0, 0.05) is 17.8 Å². The number of thioether (sulfide) groups is 1. The Bertz CT molecular complexity index is 819. The summed E-state index contributed by atoms with van der Waals surface area (Å²) in [5.41, 5.74) is 0.555. The van der Waals surface area contributed by atoms with Crippen LogP contribution in [-0.2, 0) is 4.79 Å². The highest BCUT2D eigenvalue weighted by atomic mass is 32.2. The van der Waals surface area contributed by atoms with Gasteiger partial charge in [0.05, 0.1) is 5.75 Å². The van der Waals surface area contributed by atoms with Crippen molar-refractivity contribution in [1.29, 1.82) is 0 Å². The van der Waals surface area contributed by atoms with Crippen LogP contribution in [0, 0.1) is 0 Å². The summed E-state index contributed by atoms with van der Waals surface area (Å²) in [6, 6.07) is 5.85. The van der Waals surface area contributed by atoms with E-state index in [0.29, 0.717) is 20.9 Å². The van der Waals surface area contributed by atoms with Crippen molar-refractivity contribution in [2.24, 2.45) is 0 Å². The molecule has 1 N–H and O–H groups in total. The molecule has 0 spiro atoms. The number of nitrogens with zero attached hydrogens (tertiary/aromatic N) is 3. The molecule has 1 aliphatic heterocycles. The number of benzene rings is 1. The highest BCUT2D eigenvalue weighted by Gasteiger charge is 2.31. The van der Waals surface area contributed by atoms with Crippen molar-refractivity contribution in [1.82, 2.24) is 15.1 Å². The zero-order chi connectivity index (χ0) is 21.0.